The minimum atomic E-state index is -0.180. The van der Waals surface area contributed by atoms with Crippen LogP contribution in [0.5, 0.6) is 0 Å². The van der Waals surface area contributed by atoms with Gasteiger partial charge in [-0.15, -0.1) is 0 Å². The quantitative estimate of drug-likeness (QED) is 0.820. The van der Waals surface area contributed by atoms with Gasteiger partial charge in [-0.1, -0.05) is 13.8 Å². The Kier molecular flexibility index (Phi) is 4.09. The molecule has 15 heavy (non-hydrogen) atoms. The third-order valence-corrected chi connectivity index (χ3v) is 2.57. The Balaban J connectivity index is 2.99. The van der Waals surface area contributed by atoms with E-state index >= 15 is 0 Å². The van der Waals surface area contributed by atoms with Gasteiger partial charge in [-0.3, -0.25) is 4.79 Å². The number of hydrogen-bond acceptors (Lipinski definition) is 2. The number of aryl methyl sites for hydroxylation is 1. The maximum Gasteiger partial charge on any atom is 0.256 e. The van der Waals surface area contributed by atoms with Crippen molar-refractivity contribution in [2.24, 2.45) is 5.92 Å². The van der Waals surface area contributed by atoms with Crippen LogP contribution in [0, 0.1) is 12.8 Å². The molecule has 84 valence electrons. The molecule has 0 radical (unpaired) electrons. The van der Waals surface area contributed by atoms with Crippen LogP contribution in [0.2, 0.25) is 0 Å². The molecular weight excluding hydrogens is 190 g/mol. The maximum atomic E-state index is 11.8. The average Bonchev–Trinajstić information content (AvgIpc) is 2.17. The zero-order valence-corrected chi connectivity index (χ0v) is 9.66. The van der Waals surface area contributed by atoms with Gasteiger partial charge in [-0.25, -0.2) is 0 Å². The van der Waals surface area contributed by atoms with Crippen LogP contribution in [0.15, 0.2) is 16.9 Å². The highest BCUT2D eigenvalue weighted by Gasteiger charge is 2.05. The van der Waals surface area contributed by atoms with Crippen molar-refractivity contribution in [3.05, 3.63) is 33.7 Å². The first-order valence-corrected chi connectivity index (χ1v) is 5.36. The summed E-state index contributed by atoms with van der Waals surface area (Å²) in [5.41, 5.74) is 1.38. The highest BCUT2D eigenvalue weighted by Crippen LogP contribution is 2.04. The fourth-order valence-electron chi connectivity index (χ4n) is 1.50. The van der Waals surface area contributed by atoms with Gasteiger partial charge >= 0.3 is 0 Å². The van der Waals surface area contributed by atoms with Crippen LogP contribution in [0.3, 0.4) is 0 Å². The second-order valence-corrected chi connectivity index (χ2v) is 4.30. The molecule has 3 heteroatoms. The number of rotatable bonds is 4. The Bertz CT molecular complexity index is 380. The Morgan fingerprint density at radius 2 is 2.07 bits per heavy atom. The Morgan fingerprint density at radius 1 is 1.40 bits per heavy atom. The molecule has 0 fully saturated rings. The van der Waals surface area contributed by atoms with E-state index in [0.29, 0.717) is 11.5 Å². The van der Waals surface area contributed by atoms with Gasteiger partial charge in [0.25, 0.3) is 5.56 Å². The van der Waals surface area contributed by atoms with E-state index in [2.05, 4.69) is 13.8 Å². The lowest BCUT2D eigenvalue weighted by atomic mass is 10.1. The molecule has 0 spiro atoms. The van der Waals surface area contributed by atoms with Crippen LogP contribution < -0.4 is 5.56 Å². The van der Waals surface area contributed by atoms with E-state index in [0.717, 1.165) is 18.7 Å². The van der Waals surface area contributed by atoms with Crippen LogP contribution in [0.1, 0.15) is 31.5 Å². The fraction of sp³-hybridized carbons (Fsp3) is 0.583. The standard InChI is InChI=1S/C12H19NO2/c1-9(2)6-7-13-10(3)4-5-11(8-14)12(13)15/h4-5,9,14H,6-8H2,1-3H3. The zero-order valence-electron chi connectivity index (χ0n) is 9.66. The minimum absolute atomic E-state index is 0.0573. The summed E-state index contributed by atoms with van der Waals surface area (Å²) < 4.78 is 1.74. The van der Waals surface area contributed by atoms with Gasteiger partial charge in [-0.2, -0.15) is 0 Å². The second kappa shape index (κ2) is 5.12. The lowest BCUT2D eigenvalue weighted by Crippen LogP contribution is -2.26. The van der Waals surface area contributed by atoms with Gasteiger partial charge in [0.15, 0.2) is 0 Å². The highest BCUT2D eigenvalue weighted by molar-refractivity contribution is 5.14. The summed E-state index contributed by atoms with van der Waals surface area (Å²) >= 11 is 0. The summed E-state index contributed by atoms with van der Waals surface area (Å²) in [6.45, 7) is 6.74. The Hall–Kier alpha value is -1.09. The van der Waals surface area contributed by atoms with Crippen LogP contribution >= 0.6 is 0 Å². The third-order valence-electron chi connectivity index (χ3n) is 2.57. The average molecular weight is 209 g/mol. The molecule has 0 bridgehead atoms. The zero-order chi connectivity index (χ0) is 11.4. The molecule has 0 aliphatic rings. The maximum absolute atomic E-state index is 11.8. The molecule has 1 aromatic rings. The van der Waals surface area contributed by atoms with Gasteiger partial charge in [0.1, 0.15) is 0 Å². The van der Waals surface area contributed by atoms with E-state index in [-0.39, 0.29) is 12.2 Å². The van der Waals surface area contributed by atoms with E-state index in [1.165, 1.54) is 0 Å². The number of aromatic nitrogens is 1. The first-order valence-electron chi connectivity index (χ1n) is 5.36. The molecule has 0 atom stereocenters. The molecule has 3 nitrogen and oxygen atoms in total. The van der Waals surface area contributed by atoms with Crippen LogP contribution in [0.4, 0.5) is 0 Å². The topological polar surface area (TPSA) is 42.2 Å². The Morgan fingerprint density at radius 3 is 2.60 bits per heavy atom. The van der Waals surface area contributed by atoms with E-state index in [4.69, 9.17) is 5.11 Å². The number of pyridine rings is 1. The summed E-state index contributed by atoms with van der Waals surface area (Å²) in [6, 6.07) is 3.58. The summed E-state index contributed by atoms with van der Waals surface area (Å²) in [4.78, 5) is 11.8. The predicted molar refractivity (Wildman–Crippen MR) is 60.8 cm³/mol. The molecular formula is C12H19NO2. The molecule has 0 aliphatic carbocycles. The fourth-order valence-corrected chi connectivity index (χ4v) is 1.50. The van der Waals surface area contributed by atoms with Crippen molar-refractivity contribution in [3.63, 3.8) is 0 Å². The van der Waals surface area contributed by atoms with E-state index in [1.54, 1.807) is 10.6 Å². The molecule has 1 rings (SSSR count). The smallest absolute Gasteiger partial charge is 0.256 e. The Labute approximate surface area is 90.4 Å². The number of aliphatic hydroxyl groups is 1. The molecule has 0 saturated heterocycles. The first kappa shape index (κ1) is 12.0. The van der Waals surface area contributed by atoms with Gasteiger partial charge in [0.2, 0.25) is 0 Å². The lowest BCUT2D eigenvalue weighted by Gasteiger charge is -2.12. The van der Waals surface area contributed by atoms with Crippen molar-refractivity contribution in [2.45, 2.75) is 40.3 Å². The molecule has 0 amide bonds. The van der Waals surface area contributed by atoms with Gasteiger partial charge < -0.3 is 9.67 Å². The van der Waals surface area contributed by atoms with Crippen molar-refractivity contribution in [1.82, 2.24) is 4.57 Å². The summed E-state index contributed by atoms with van der Waals surface area (Å²) in [5, 5.41) is 9.00. The van der Waals surface area contributed by atoms with Gasteiger partial charge in [0.05, 0.1) is 6.61 Å². The van der Waals surface area contributed by atoms with E-state index in [1.807, 2.05) is 13.0 Å². The van der Waals surface area contributed by atoms with E-state index in [9.17, 15) is 4.79 Å². The van der Waals surface area contributed by atoms with Gasteiger partial charge in [0, 0.05) is 17.8 Å². The largest absolute Gasteiger partial charge is 0.391 e. The third kappa shape index (κ3) is 2.93. The van der Waals surface area contributed by atoms with E-state index < -0.39 is 0 Å². The SMILES string of the molecule is Cc1ccc(CO)c(=O)n1CCC(C)C. The number of nitrogens with zero attached hydrogens (tertiary/aromatic N) is 1. The van der Waals surface area contributed by atoms with Crippen molar-refractivity contribution in [1.29, 1.82) is 0 Å². The van der Waals surface area contributed by atoms with Crippen LogP contribution in [0.25, 0.3) is 0 Å². The second-order valence-electron chi connectivity index (χ2n) is 4.30. The highest BCUT2D eigenvalue weighted by atomic mass is 16.3. The summed E-state index contributed by atoms with van der Waals surface area (Å²) in [7, 11) is 0. The number of aliphatic hydroxyl groups excluding tert-OH is 1. The monoisotopic (exact) mass is 209 g/mol. The van der Waals surface area contributed by atoms with Crippen molar-refractivity contribution in [3.8, 4) is 0 Å². The lowest BCUT2D eigenvalue weighted by molar-refractivity contribution is 0.278. The van der Waals surface area contributed by atoms with Gasteiger partial charge in [-0.05, 0) is 31.4 Å². The molecule has 1 aromatic heterocycles. The molecule has 1 heterocycles. The van der Waals surface area contributed by atoms with Crippen molar-refractivity contribution >= 4 is 0 Å². The van der Waals surface area contributed by atoms with Crippen LogP contribution in [-0.2, 0) is 13.2 Å². The molecule has 0 saturated carbocycles. The molecule has 1 N–H and O–H groups in total. The summed E-state index contributed by atoms with van der Waals surface area (Å²) in [6.07, 6.45) is 0.982. The molecule has 0 aliphatic heterocycles. The summed E-state index contributed by atoms with van der Waals surface area (Å²) in [5.74, 6) is 0.578. The van der Waals surface area contributed by atoms with Crippen molar-refractivity contribution < 1.29 is 5.11 Å². The predicted octanol–water partition coefficient (Wildman–Crippen LogP) is 1.70. The molecule has 0 unspecified atom stereocenters. The van der Waals surface area contributed by atoms with Crippen LogP contribution in [-0.4, -0.2) is 9.67 Å². The van der Waals surface area contributed by atoms with Crippen molar-refractivity contribution in [2.75, 3.05) is 0 Å². The normalized spacial score (nSPS) is 11.0. The first-order chi connectivity index (χ1) is 7.06. The minimum Gasteiger partial charge on any atom is -0.391 e. The number of hydrogen-bond donors (Lipinski definition) is 1. The molecule has 0 aromatic carbocycles.